The molecule has 112 valence electrons. The van der Waals surface area contributed by atoms with Gasteiger partial charge in [0.05, 0.1) is 5.56 Å². The molecule has 0 spiro atoms. The number of furan rings is 1. The SMILES string of the molecule is CCc1oc2ccccc2c1C(=O)CC1CCCCCC1. The molecule has 0 bridgehead atoms. The summed E-state index contributed by atoms with van der Waals surface area (Å²) in [6.07, 6.45) is 9.12. The van der Waals surface area contributed by atoms with Gasteiger partial charge in [-0.15, -0.1) is 0 Å². The maximum atomic E-state index is 12.8. The Morgan fingerprint density at radius 3 is 2.57 bits per heavy atom. The van der Waals surface area contributed by atoms with Gasteiger partial charge in [-0.2, -0.15) is 0 Å². The molecule has 1 saturated carbocycles. The van der Waals surface area contributed by atoms with Gasteiger partial charge in [-0.25, -0.2) is 0 Å². The Hall–Kier alpha value is -1.57. The van der Waals surface area contributed by atoms with Crippen LogP contribution in [0.2, 0.25) is 0 Å². The summed E-state index contributed by atoms with van der Waals surface area (Å²) >= 11 is 0. The molecule has 1 heterocycles. The van der Waals surface area contributed by atoms with Crippen molar-refractivity contribution in [2.75, 3.05) is 0 Å². The van der Waals surface area contributed by atoms with Crippen LogP contribution in [0.3, 0.4) is 0 Å². The minimum absolute atomic E-state index is 0.281. The number of rotatable bonds is 4. The molecule has 0 saturated heterocycles. The van der Waals surface area contributed by atoms with Crippen LogP contribution in [0.1, 0.15) is 68.0 Å². The van der Waals surface area contributed by atoms with E-state index in [9.17, 15) is 4.79 Å². The molecule has 21 heavy (non-hydrogen) atoms. The summed E-state index contributed by atoms with van der Waals surface area (Å²) in [4.78, 5) is 12.8. The number of carbonyl (C=O) groups is 1. The predicted octanol–water partition coefficient (Wildman–Crippen LogP) is 5.54. The first-order valence-corrected chi connectivity index (χ1v) is 8.33. The fourth-order valence-electron chi connectivity index (χ4n) is 3.58. The van der Waals surface area contributed by atoms with E-state index in [-0.39, 0.29) is 5.78 Å². The largest absolute Gasteiger partial charge is 0.460 e. The number of para-hydroxylation sites is 1. The zero-order valence-corrected chi connectivity index (χ0v) is 12.9. The van der Waals surface area contributed by atoms with Crippen molar-refractivity contribution in [1.29, 1.82) is 0 Å². The molecule has 3 rings (SSSR count). The van der Waals surface area contributed by atoms with Crippen molar-refractivity contribution in [3.05, 3.63) is 35.6 Å². The number of ketones is 1. The Balaban J connectivity index is 1.86. The smallest absolute Gasteiger partial charge is 0.167 e. The van der Waals surface area contributed by atoms with Crippen LogP contribution in [0.25, 0.3) is 11.0 Å². The molecular formula is C19H24O2. The van der Waals surface area contributed by atoms with Crippen LogP contribution in [0, 0.1) is 5.92 Å². The van der Waals surface area contributed by atoms with E-state index in [1.54, 1.807) is 0 Å². The molecule has 1 aliphatic rings. The number of hydrogen-bond acceptors (Lipinski definition) is 2. The van der Waals surface area contributed by atoms with Crippen LogP contribution < -0.4 is 0 Å². The molecule has 1 aromatic heterocycles. The van der Waals surface area contributed by atoms with Gasteiger partial charge in [0, 0.05) is 18.2 Å². The summed E-state index contributed by atoms with van der Waals surface area (Å²) in [5.74, 6) is 1.71. The van der Waals surface area contributed by atoms with E-state index in [0.29, 0.717) is 12.3 Å². The summed E-state index contributed by atoms with van der Waals surface area (Å²) in [5, 5.41) is 0.993. The molecule has 2 heteroatoms. The lowest BCUT2D eigenvalue weighted by molar-refractivity contribution is 0.0956. The van der Waals surface area contributed by atoms with Gasteiger partial charge in [-0.1, -0.05) is 63.6 Å². The molecule has 0 atom stereocenters. The molecule has 0 aliphatic heterocycles. The molecule has 0 amide bonds. The predicted molar refractivity (Wildman–Crippen MR) is 85.7 cm³/mol. The molecule has 1 fully saturated rings. The summed E-state index contributed by atoms with van der Waals surface area (Å²) < 4.78 is 5.86. The minimum atomic E-state index is 0.281. The van der Waals surface area contributed by atoms with E-state index in [2.05, 4.69) is 6.92 Å². The Morgan fingerprint density at radius 2 is 1.86 bits per heavy atom. The zero-order chi connectivity index (χ0) is 14.7. The average molecular weight is 284 g/mol. The van der Waals surface area contributed by atoms with E-state index in [4.69, 9.17) is 4.42 Å². The lowest BCUT2D eigenvalue weighted by Crippen LogP contribution is -2.09. The minimum Gasteiger partial charge on any atom is -0.460 e. The first-order valence-electron chi connectivity index (χ1n) is 8.33. The number of fused-ring (bicyclic) bond motifs is 1. The topological polar surface area (TPSA) is 30.2 Å². The van der Waals surface area contributed by atoms with E-state index < -0.39 is 0 Å². The van der Waals surface area contributed by atoms with Gasteiger partial charge in [-0.3, -0.25) is 4.79 Å². The summed E-state index contributed by atoms with van der Waals surface area (Å²) in [7, 11) is 0. The standard InChI is InChI=1S/C19H24O2/c1-2-17-19(15-11-7-8-12-18(15)21-17)16(20)13-14-9-5-3-4-6-10-14/h7-8,11-12,14H,2-6,9-10,13H2,1H3. The lowest BCUT2D eigenvalue weighted by Gasteiger charge is -2.12. The van der Waals surface area contributed by atoms with Gasteiger partial charge in [-0.05, 0) is 12.0 Å². The summed E-state index contributed by atoms with van der Waals surface area (Å²) in [5.41, 5.74) is 1.69. The van der Waals surface area contributed by atoms with Crippen LogP contribution in [0.5, 0.6) is 0 Å². The molecule has 0 unspecified atom stereocenters. The van der Waals surface area contributed by atoms with Gasteiger partial charge < -0.3 is 4.42 Å². The van der Waals surface area contributed by atoms with Crippen LogP contribution in [-0.2, 0) is 6.42 Å². The highest BCUT2D eigenvalue weighted by molar-refractivity contribution is 6.08. The Labute approximate surface area is 126 Å². The van der Waals surface area contributed by atoms with Gasteiger partial charge in [0.1, 0.15) is 11.3 Å². The van der Waals surface area contributed by atoms with E-state index in [0.717, 1.165) is 28.7 Å². The van der Waals surface area contributed by atoms with Gasteiger partial charge in [0.15, 0.2) is 5.78 Å². The molecule has 0 N–H and O–H groups in total. The van der Waals surface area contributed by atoms with E-state index in [1.807, 2.05) is 24.3 Å². The third-order valence-electron chi connectivity index (χ3n) is 4.72. The quantitative estimate of drug-likeness (QED) is 0.545. The van der Waals surface area contributed by atoms with Crippen molar-refractivity contribution in [3.63, 3.8) is 0 Å². The zero-order valence-electron chi connectivity index (χ0n) is 12.9. The number of carbonyl (C=O) groups excluding carboxylic acids is 1. The second kappa shape index (κ2) is 6.46. The second-order valence-corrected chi connectivity index (χ2v) is 6.23. The van der Waals surface area contributed by atoms with E-state index >= 15 is 0 Å². The van der Waals surface area contributed by atoms with Crippen LogP contribution in [0.4, 0.5) is 0 Å². The van der Waals surface area contributed by atoms with Gasteiger partial charge in [0.2, 0.25) is 0 Å². The van der Waals surface area contributed by atoms with Crippen molar-refractivity contribution in [2.45, 2.75) is 58.3 Å². The highest BCUT2D eigenvalue weighted by atomic mass is 16.3. The van der Waals surface area contributed by atoms with Gasteiger partial charge >= 0.3 is 0 Å². The fraction of sp³-hybridized carbons (Fsp3) is 0.526. The Kier molecular flexibility index (Phi) is 4.42. The third kappa shape index (κ3) is 3.04. The molecule has 2 nitrogen and oxygen atoms in total. The number of benzene rings is 1. The van der Waals surface area contributed by atoms with Gasteiger partial charge in [0.25, 0.3) is 0 Å². The average Bonchev–Trinajstić information content (AvgIpc) is 2.69. The van der Waals surface area contributed by atoms with Crippen molar-refractivity contribution >= 4 is 16.8 Å². The maximum absolute atomic E-state index is 12.8. The van der Waals surface area contributed by atoms with Crippen LogP contribution >= 0.6 is 0 Å². The highest BCUT2D eigenvalue weighted by Crippen LogP contribution is 2.31. The van der Waals surface area contributed by atoms with Crippen molar-refractivity contribution in [1.82, 2.24) is 0 Å². The van der Waals surface area contributed by atoms with Crippen LogP contribution in [-0.4, -0.2) is 5.78 Å². The molecule has 0 radical (unpaired) electrons. The monoisotopic (exact) mass is 284 g/mol. The lowest BCUT2D eigenvalue weighted by atomic mass is 9.91. The molecule has 2 aromatic rings. The molecule has 1 aromatic carbocycles. The number of aryl methyl sites for hydroxylation is 1. The Morgan fingerprint density at radius 1 is 1.14 bits per heavy atom. The highest BCUT2D eigenvalue weighted by Gasteiger charge is 2.23. The van der Waals surface area contributed by atoms with Crippen molar-refractivity contribution in [2.24, 2.45) is 5.92 Å². The number of hydrogen-bond donors (Lipinski definition) is 0. The normalized spacial score (nSPS) is 17.0. The third-order valence-corrected chi connectivity index (χ3v) is 4.72. The fourth-order valence-corrected chi connectivity index (χ4v) is 3.58. The first-order chi connectivity index (χ1) is 10.3. The summed E-state index contributed by atoms with van der Waals surface area (Å²) in [6.45, 7) is 2.06. The van der Waals surface area contributed by atoms with E-state index in [1.165, 1.54) is 38.5 Å². The molecule has 1 aliphatic carbocycles. The first kappa shape index (κ1) is 14.4. The van der Waals surface area contributed by atoms with Crippen molar-refractivity contribution in [3.8, 4) is 0 Å². The second-order valence-electron chi connectivity index (χ2n) is 6.23. The van der Waals surface area contributed by atoms with Crippen molar-refractivity contribution < 1.29 is 9.21 Å². The maximum Gasteiger partial charge on any atom is 0.167 e. The van der Waals surface area contributed by atoms with Crippen LogP contribution in [0.15, 0.2) is 28.7 Å². The summed E-state index contributed by atoms with van der Waals surface area (Å²) in [6, 6.07) is 7.92. The number of Topliss-reactive ketones (excluding diaryl/α,β-unsaturated/α-hetero) is 1. The molecular weight excluding hydrogens is 260 g/mol. The Bertz CT molecular complexity index is 616.